The second kappa shape index (κ2) is 7.06. The lowest BCUT2D eigenvalue weighted by molar-refractivity contribution is -0.132. The van der Waals surface area contributed by atoms with Crippen LogP contribution >= 0.6 is 0 Å². The van der Waals surface area contributed by atoms with Gasteiger partial charge in [0.25, 0.3) is 0 Å². The zero-order valence-corrected chi connectivity index (χ0v) is 11.1. The number of nitrogens with two attached hydrogens (primary N) is 1. The average Bonchev–Trinajstić information content (AvgIpc) is 2.22. The van der Waals surface area contributed by atoms with Crippen molar-refractivity contribution in [3.05, 3.63) is 12.2 Å². The Balaban J connectivity index is 4.07. The third kappa shape index (κ3) is 6.06. The second-order valence-electron chi connectivity index (χ2n) is 4.69. The first-order chi connectivity index (χ1) is 7.75. The maximum Gasteiger partial charge on any atom is 0.241 e. The van der Waals surface area contributed by atoms with E-state index in [1.165, 1.54) is 4.90 Å². The van der Waals surface area contributed by atoms with Gasteiger partial charge in [0.05, 0.1) is 12.6 Å². The summed E-state index contributed by atoms with van der Waals surface area (Å²) in [6.07, 6.45) is 0. The van der Waals surface area contributed by atoms with Crippen molar-refractivity contribution in [2.45, 2.75) is 26.8 Å². The van der Waals surface area contributed by atoms with Crippen molar-refractivity contribution in [1.29, 1.82) is 0 Å². The third-order valence-corrected chi connectivity index (χ3v) is 2.37. The van der Waals surface area contributed by atoms with Crippen molar-refractivity contribution < 1.29 is 9.59 Å². The van der Waals surface area contributed by atoms with Crippen LogP contribution in [0.1, 0.15) is 20.8 Å². The minimum Gasteiger partial charge on any atom is -0.346 e. The highest BCUT2D eigenvalue weighted by atomic mass is 16.2. The Morgan fingerprint density at radius 1 is 1.41 bits per heavy atom. The predicted molar refractivity (Wildman–Crippen MR) is 68.3 cm³/mol. The van der Waals surface area contributed by atoms with Crippen molar-refractivity contribution in [3.63, 3.8) is 0 Å². The molecule has 0 unspecified atom stereocenters. The maximum absolute atomic E-state index is 11.6. The zero-order valence-electron chi connectivity index (χ0n) is 11.1. The van der Waals surface area contributed by atoms with Gasteiger partial charge < -0.3 is 16.0 Å². The highest BCUT2D eigenvalue weighted by Crippen LogP contribution is 1.98. The summed E-state index contributed by atoms with van der Waals surface area (Å²) in [5, 5.41) is 2.53. The molecule has 0 radical (unpaired) electrons. The molecule has 0 aromatic rings. The van der Waals surface area contributed by atoms with Crippen molar-refractivity contribution in [2.75, 3.05) is 20.1 Å². The molecule has 0 aromatic carbocycles. The molecule has 0 saturated heterocycles. The Morgan fingerprint density at radius 3 is 2.35 bits per heavy atom. The Kier molecular flexibility index (Phi) is 6.50. The first-order valence-electron chi connectivity index (χ1n) is 5.67. The minimum absolute atomic E-state index is 0.0248. The first kappa shape index (κ1) is 15.6. The summed E-state index contributed by atoms with van der Waals surface area (Å²) < 4.78 is 0. The van der Waals surface area contributed by atoms with Gasteiger partial charge in [0, 0.05) is 13.6 Å². The summed E-state index contributed by atoms with van der Waals surface area (Å²) in [4.78, 5) is 24.6. The molecule has 0 heterocycles. The topological polar surface area (TPSA) is 75.4 Å². The smallest absolute Gasteiger partial charge is 0.241 e. The number of rotatable bonds is 6. The van der Waals surface area contributed by atoms with E-state index >= 15 is 0 Å². The maximum atomic E-state index is 11.6. The lowest BCUT2D eigenvalue weighted by atomic mass is 10.1. The third-order valence-electron chi connectivity index (χ3n) is 2.37. The number of amides is 2. The summed E-state index contributed by atoms with van der Waals surface area (Å²) in [5.74, 6) is -0.396. The molecule has 3 N–H and O–H groups in total. The van der Waals surface area contributed by atoms with Gasteiger partial charge >= 0.3 is 0 Å². The Labute approximate surface area is 103 Å². The van der Waals surface area contributed by atoms with E-state index < -0.39 is 6.04 Å². The molecule has 0 saturated carbocycles. The second-order valence-corrected chi connectivity index (χ2v) is 4.69. The first-order valence-corrected chi connectivity index (χ1v) is 5.67. The van der Waals surface area contributed by atoms with Crippen LogP contribution < -0.4 is 11.1 Å². The molecule has 0 aliphatic carbocycles. The molecule has 0 aromatic heterocycles. The number of hydrogen-bond acceptors (Lipinski definition) is 3. The molecule has 0 bridgehead atoms. The van der Waals surface area contributed by atoms with E-state index in [0.717, 1.165) is 5.57 Å². The van der Waals surface area contributed by atoms with Crippen molar-refractivity contribution in [1.82, 2.24) is 10.2 Å². The molecule has 5 heteroatoms. The van der Waals surface area contributed by atoms with Gasteiger partial charge in [0.1, 0.15) is 0 Å². The number of nitrogens with one attached hydrogen (secondary N) is 1. The van der Waals surface area contributed by atoms with Crippen LogP contribution in [0.25, 0.3) is 0 Å². The predicted octanol–water partition coefficient (Wildman–Crippen LogP) is 0.120. The molecule has 17 heavy (non-hydrogen) atoms. The number of nitrogens with zero attached hydrogens (tertiary/aromatic N) is 1. The van der Waals surface area contributed by atoms with Crippen LogP contribution in [-0.4, -0.2) is 42.9 Å². The normalized spacial score (nSPS) is 12.1. The summed E-state index contributed by atoms with van der Waals surface area (Å²) in [7, 11) is 1.67. The van der Waals surface area contributed by atoms with Gasteiger partial charge in [-0.25, -0.2) is 0 Å². The molecule has 5 nitrogen and oxygen atoms in total. The van der Waals surface area contributed by atoms with Crippen LogP contribution in [0.5, 0.6) is 0 Å². The zero-order chi connectivity index (χ0) is 13.6. The van der Waals surface area contributed by atoms with Crippen LogP contribution in [0, 0.1) is 5.92 Å². The number of carbonyl (C=O) groups is 2. The van der Waals surface area contributed by atoms with Gasteiger partial charge in [-0.3, -0.25) is 9.59 Å². The van der Waals surface area contributed by atoms with Crippen LogP contribution in [0.2, 0.25) is 0 Å². The Hall–Kier alpha value is -1.36. The Bertz CT molecular complexity index is 300. The molecular weight excluding hydrogens is 218 g/mol. The number of hydrogen-bond donors (Lipinski definition) is 2. The molecule has 0 aliphatic heterocycles. The van der Waals surface area contributed by atoms with Gasteiger partial charge in [-0.1, -0.05) is 26.0 Å². The van der Waals surface area contributed by atoms with E-state index in [1.807, 2.05) is 20.8 Å². The van der Waals surface area contributed by atoms with Crippen molar-refractivity contribution in [3.8, 4) is 0 Å². The van der Waals surface area contributed by atoms with Crippen molar-refractivity contribution >= 4 is 11.8 Å². The summed E-state index contributed by atoms with van der Waals surface area (Å²) >= 11 is 0. The van der Waals surface area contributed by atoms with Gasteiger partial charge in [0.15, 0.2) is 0 Å². The SMILES string of the molecule is C=C(C)CN(C)C(=O)CNC(=O)[C@@H](N)C(C)C. The van der Waals surface area contributed by atoms with Gasteiger partial charge in [-0.05, 0) is 12.8 Å². The molecule has 0 spiro atoms. The van der Waals surface area contributed by atoms with Gasteiger partial charge in [0.2, 0.25) is 11.8 Å². The highest BCUT2D eigenvalue weighted by molar-refractivity contribution is 5.87. The van der Waals surface area contributed by atoms with E-state index in [1.54, 1.807) is 7.05 Å². The van der Waals surface area contributed by atoms with Crippen LogP contribution in [0.15, 0.2) is 12.2 Å². The summed E-state index contributed by atoms with van der Waals surface area (Å²) in [6.45, 7) is 9.75. The Morgan fingerprint density at radius 2 is 1.94 bits per heavy atom. The van der Waals surface area contributed by atoms with E-state index in [2.05, 4.69) is 11.9 Å². The standard InChI is InChI=1S/C12H23N3O2/c1-8(2)7-15(5)10(16)6-14-12(17)11(13)9(3)4/h9,11H,1,6-7,13H2,2-5H3,(H,14,17)/t11-/m0/s1. The summed E-state index contributed by atoms with van der Waals surface area (Å²) in [5.41, 5.74) is 6.55. The van der Waals surface area contributed by atoms with E-state index in [0.29, 0.717) is 6.54 Å². The molecule has 98 valence electrons. The fourth-order valence-corrected chi connectivity index (χ4v) is 1.21. The van der Waals surface area contributed by atoms with E-state index in [9.17, 15) is 9.59 Å². The number of likely N-dealkylation sites (N-methyl/N-ethyl adjacent to an activating group) is 1. The highest BCUT2D eigenvalue weighted by Gasteiger charge is 2.18. The molecule has 2 amide bonds. The van der Waals surface area contributed by atoms with Crippen LogP contribution in [0.3, 0.4) is 0 Å². The van der Waals surface area contributed by atoms with Gasteiger partial charge in [-0.2, -0.15) is 0 Å². The van der Waals surface area contributed by atoms with E-state index in [-0.39, 0.29) is 24.3 Å². The van der Waals surface area contributed by atoms with Crippen LogP contribution in [0.4, 0.5) is 0 Å². The molecule has 0 fully saturated rings. The monoisotopic (exact) mass is 241 g/mol. The minimum atomic E-state index is -0.575. The fraction of sp³-hybridized carbons (Fsp3) is 0.667. The molecule has 1 atom stereocenters. The van der Waals surface area contributed by atoms with Gasteiger partial charge in [-0.15, -0.1) is 0 Å². The number of carbonyl (C=O) groups excluding carboxylic acids is 2. The van der Waals surface area contributed by atoms with Crippen molar-refractivity contribution in [2.24, 2.45) is 11.7 Å². The molecule has 0 aliphatic rings. The quantitative estimate of drug-likeness (QED) is 0.649. The lowest BCUT2D eigenvalue weighted by Crippen LogP contribution is -2.47. The fourth-order valence-electron chi connectivity index (χ4n) is 1.21. The lowest BCUT2D eigenvalue weighted by Gasteiger charge is -2.19. The summed E-state index contributed by atoms with van der Waals surface area (Å²) in [6, 6.07) is -0.575. The average molecular weight is 241 g/mol. The van der Waals surface area contributed by atoms with E-state index in [4.69, 9.17) is 5.73 Å². The molecule has 0 rings (SSSR count). The van der Waals surface area contributed by atoms with Crippen LogP contribution in [-0.2, 0) is 9.59 Å². The largest absolute Gasteiger partial charge is 0.346 e. The molecular formula is C12H23N3O2.